The third kappa shape index (κ3) is 8.56. The Labute approximate surface area is 213 Å². The van der Waals surface area contributed by atoms with Gasteiger partial charge in [-0.3, -0.25) is 14.4 Å². The van der Waals surface area contributed by atoms with Crippen molar-refractivity contribution in [3.63, 3.8) is 0 Å². The number of anilines is 1. The van der Waals surface area contributed by atoms with E-state index in [0.717, 1.165) is 12.1 Å². The fraction of sp³-hybridized carbons (Fsp3) is 0.304. The van der Waals surface area contributed by atoms with Gasteiger partial charge in [-0.25, -0.2) is 5.43 Å². The lowest BCUT2D eigenvalue weighted by molar-refractivity contribution is -0.139. The van der Waals surface area contributed by atoms with Crippen LogP contribution in [-0.2, 0) is 20.6 Å². The minimum absolute atomic E-state index is 0.0316. The van der Waals surface area contributed by atoms with Gasteiger partial charge < -0.3 is 20.1 Å². The summed E-state index contributed by atoms with van der Waals surface area (Å²) < 4.78 is 49.7. The van der Waals surface area contributed by atoms with Gasteiger partial charge in [-0.05, 0) is 65.2 Å². The summed E-state index contributed by atoms with van der Waals surface area (Å²) in [6, 6.07) is 7.11. The zero-order chi connectivity index (χ0) is 26.9. The van der Waals surface area contributed by atoms with E-state index < -0.39 is 36.1 Å². The number of hydrazone groups is 1. The van der Waals surface area contributed by atoms with E-state index in [4.69, 9.17) is 9.47 Å². The average molecular weight is 573 g/mol. The van der Waals surface area contributed by atoms with Crippen LogP contribution in [0.25, 0.3) is 0 Å². The Morgan fingerprint density at radius 3 is 2.53 bits per heavy atom. The fourth-order valence-corrected chi connectivity index (χ4v) is 3.24. The number of ether oxygens (including phenoxy) is 2. The SMILES string of the molecule is CC[C@@H](C)NC(=O)C(=O)N/N=C\c1cc(Br)c(OCC(=O)Nc2cccc(C(F)(F)F)c2)c(OC)c1. The molecule has 0 saturated heterocycles. The van der Waals surface area contributed by atoms with Gasteiger partial charge in [-0.1, -0.05) is 13.0 Å². The highest BCUT2D eigenvalue weighted by atomic mass is 79.9. The summed E-state index contributed by atoms with van der Waals surface area (Å²) in [5.41, 5.74) is 1.65. The molecule has 0 aliphatic carbocycles. The molecule has 194 valence electrons. The van der Waals surface area contributed by atoms with Crippen LogP contribution in [0.4, 0.5) is 18.9 Å². The molecular formula is C23H24BrF3N4O5. The molecule has 2 aromatic rings. The summed E-state index contributed by atoms with van der Waals surface area (Å²) in [7, 11) is 1.36. The van der Waals surface area contributed by atoms with Gasteiger partial charge in [-0.15, -0.1) is 0 Å². The quantitative estimate of drug-likeness (QED) is 0.239. The highest BCUT2D eigenvalue weighted by molar-refractivity contribution is 9.10. The Hall–Kier alpha value is -3.61. The van der Waals surface area contributed by atoms with E-state index in [-0.39, 0.29) is 23.2 Å². The predicted octanol–water partition coefficient (Wildman–Crippen LogP) is 3.86. The van der Waals surface area contributed by atoms with Crippen LogP contribution in [0.15, 0.2) is 46.0 Å². The van der Waals surface area contributed by atoms with Crippen molar-refractivity contribution >= 4 is 45.6 Å². The second-order valence-electron chi connectivity index (χ2n) is 7.43. The van der Waals surface area contributed by atoms with Crippen molar-refractivity contribution in [2.75, 3.05) is 19.0 Å². The van der Waals surface area contributed by atoms with Crippen LogP contribution in [0.2, 0.25) is 0 Å². The maximum atomic E-state index is 12.8. The molecule has 2 aromatic carbocycles. The molecule has 0 saturated carbocycles. The number of benzene rings is 2. The fourth-order valence-electron chi connectivity index (χ4n) is 2.67. The lowest BCUT2D eigenvalue weighted by Crippen LogP contribution is -2.41. The lowest BCUT2D eigenvalue weighted by Gasteiger charge is -2.14. The van der Waals surface area contributed by atoms with Gasteiger partial charge in [0.15, 0.2) is 18.1 Å². The first-order valence-electron chi connectivity index (χ1n) is 10.6. The number of hydrogen-bond donors (Lipinski definition) is 3. The van der Waals surface area contributed by atoms with E-state index in [9.17, 15) is 27.6 Å². The molecule has 3 amide bonds. The normalized spacial score (nSPS) is 12.1. The molecule has 3 N–H and O–H groups in total. The molecule has 0 fully saturated rings. The summed E-state index contributed by atoms with van der Waals surface area (Å²) in [5, 5.41) is 8.59. The summed E-state index contributed by atoms with van der Waals surface area (Å²) in [4.78, 5) is 35.7. The number of alkyl halides is 3. The predicted molar refractivity (Wildman–Crippen MR) is 130 cm³/mol. The standard InChI is InChI=1S/C23H24BrF3N4O5/c1-4-13(2)29-21(33)22(34)31-28-11-14-8-17(24)20(18(9-14)35-3)36-12-19(32)30-16-7-5-6-15(10-16)23(25,26)27/h5-11,13H,4,12H2,1-3H3,(H,29,33)(H,30,32)(H,31,34)/b28-11-/t13-/m1/s1. The van der Waals surface area contributed by atoms with Crippen molar-refractivity contribution in [2.45, 2.75) is 32.5 Å². The van der Waals surface area contributed by atoms with Crippen LogP contribution >= 0.6 is 15.9 Å². The van der Waals surface area contributed by atoms with Crippen molar-refractivity contribution < 1.29 is 37.0 Å². The molecular weight excluding hydrogens is 549 g/mol. The van der Waals surface area contributed by atoms with Gasteiger partial charge >= 0.3 is 18.0 Å². The third-order valence-electron chi connectivity index (χ3n) is 4.65. The molecule has 0 aliphatic heterocycles. The van der Waals surface area contributed by atoms with Gasteiger partial charge in [-0.2, -0.15) is 18.3 Å². The number of nitrogens with zero attached hydrogens (tertiary/aromatic N) is 1. The molecule has 0 bridgehead atoms. The summed E-state index contributed by atoms with van der Waals surface area (Å²) in [6.07, 6.45) is -2.60. The Bertz CT molecular complexity index is 1140. The average Bonchev–Trinajstić information content (AvgIpc) is 2.82. The first kappa shape index (κ1) is 28.6. The highest BCUT2D eigenvalue weighted by Crippen LogP contribution is 2.36. The maximum Gasteiger partial charge on any atom is 0.416 e. The van der Waals surface area contributed by atoms with Crippen molar-refractivity contribution in [3.05, 3.63) is 52.0 Å². The molecule has 0 aromatic heterocycles. The van der Waals surface area contributed by atoms with Crippen LogP contribution in [0.3, 0.4) is 0 Å². The Kier molecular flexibility index (Phi) is 10.3. The Morgan fingerprint density at radius 1 is 1.17 bits per heavy atom. The van der Waals surface area contributed by atoms with E-state index in [1.807, 2.05) is 6.92 Å². The molecule has 0 heterocycles. The van der Waals surface area contributed by atoms with E-state index in [2.05, 4.69) is 37.1 Å². The van der Waals surface area contributed by atoms with Crippen molar-refractivity contribution in [1.29, 1.82) is 0 Å². The van der Waals surface area contributed by atoms with Gasteiger partial charge in [0, 0.05) is 11.7 Å². The molecule has 1 atom stereocenters. The van der Waals surface area contributed by atoms with Gasteiger partial charge in [0.05, 0.1) is 23.4 Å². The van der Waals surface area contributed by atoms with Gasteiger partial charge in [0.2, 0.25) is 0 Å². The molecule has 13 heteroatoms. The monoisotopic (exact) mass is 572 g/mol. The highest BCUT2D eigenvalue weighted by Gasteiger charge is 2.30. The molecule has 0 radical (unpaired) electrons. The summed E-state index contributed by atoms with van der Waals surface area (Å²) in [5.74, 6) is -2.06. The summed E-state index contributed by atoms with van der Waals surface area (Å²) in [6.45, 7) is 3.11. The van der Waals surface area contributed by atoms with E-state index in [0.29, 0.717) is 16.5 Å². The lowest BCUT2D eigenvalue weighted by atomic mass is 10.2. The number of carbonyl (C=O) groups excluding carboxylic acids is 3. The topological polar surface area (TPSA) is 118 Å². The third-order valence-corrected chi connectivity index (χ3v) is 5.24. The number of amides is 3. The minimum Gasteiger partial charge on any atom is -0.493 e. The number of carbonyl (C=O) groups is 3. The van der Waals surface area contributed by atoms with Gasteiger partial charge in [0.25, 0.3) is 5.91 Å². The molecule has 0 unspecified atom stereocenters. The van der Waals surface area contributed by atoms with E-state index >= 15 is 0 Å². The van der Waals surface area contributed by atoms with Crippen LogP contribution in [-0.4, -0.2) is 43.7 Å². The second-order valence-corrected chi connectivity index (χ2v) is 8.29. The molecule has 9 nitrogen and oxygen atoms in total. The summed E-state index contributed by atoms with van der Waals surface area (Å²) >= 11 is 3.29. The van der Waals surface area contributed by atoms with Gasteiger partial charge in [0.1, 0.15) is 0 Å². The maximum absolute atomic E-state index is 12.8. The zero-order valence-corrected chi connectivity index (χ0v) is 21.1. The number of nitrogens with one attached hydrogen (secondary N) is 3. The molecule has 36 heavy (non-hydrogen) atoms. The van der Waals surface area contributed by atoms with Crippen molar-refractivity contribution in [2.24, 2.45) is 5.10 Å². The molecule has 2 rings (SSSR count). The first-order valence-corrected chi connectivity index (χ1v) is 11.3. The van der Waals surface area contributed by atoms with Crippen LogP contribution < -0.4 is 25.5 Å². The Balaban J connectivity index is 2.01. The largest absolute Gasteiger partial charge is 0.493 e. The number of rotatable bonds is 9. The van der Waals surface area contributed by atoms with E-state index in [1.54, 1.807) is 13.0 Å². The second kappa shape index (κ2) is 12.9. The first-order chi connectivity index (χ1) is 16.9. The number of hydrogen-bond acceptors (Lipinski definition) is 6. The van der Waals surface area contributed by atoms with Crippen LogP contribution in [0, 0.1) is 0 Å². The van der Waals surface area contributed by atoms with Crippen molar-refractivity contribution in [1.82, 2.24) is 10.7 Å². The van der Waals surface area contributed by atoms with E-state index in [1.165, 1.54) is 31.5 Å². The zero-order valence-electron chi connectivity index (χ0n) is 19.5. The smallest absolute Gasteiger partial charge is 0.416 e. The molecule has 0 aliphatic rings. The minimum atomic E-state index is -4.54. The number of methoxy groups -OCH3 is 1. The molecule has 0 spiro atoms. The van der Waals surface area contributed by atoms with Crippen LogP contribution in [0.1, 0.15) is 31.4 Å². The Morgan fingerprint density at radius 2 is 1.89 bits per heavy atom. The number of halogens is 4. The van der Waals surface area contributed by atoms with Crippen LogP contribution in [0.5, 0.6) is 11.5 Å². The van der Waals surface area contributed by atoms with Crippen molar-refractivity contribution in [3.8, 4) is 11.5 Å².